The van der Waals surface area contributed by atoms with Crippen molar-refractivity contribution in [1.82, 2.24) is 0 Å². The van der Waals surface area contributed by atoms with Crippen LogP contribution in [0.3, 0.4) is 0 Å². The Bertz CT molecular complexity index is 1290. The topological polar surface area (TPSA) is 189 Å². The monoisotopic (exact) mass is 853 g/mol. The number of hydrogen-bond acceptors (Lipinski definition) is 11. The molecule has 0 saturated carbocycles. The molecule has 59 heavy (non-hydrogen) atoms. The fourth-order valence-corrected chi connectivity index (χ4v) is 6.09. The summed E-state index contributed by atoms with van der Waals surface area (Å²) < 4.78 is 32.6. The number of carbonyl (C=O) groups is 2. The van der Waals surface area contributed by atoms with Crippen molar-refractivity contribution < 1.29 is 58.0 Å². The molecule has 0 aromatic carbocycles. The quantitative estimate of drug-likeness (QED) is 0.0130. The zero-order valence-electron chi connectivity index (χ0n) is 35.9. The molecule has 0 aliphatic carbocycles. The lowest BCUT2D eigenvalue weighted by Gasteiger charge is -2.20. The van der Waals surface area contributed by atoms with Gasteiger partial charge in [0.05, 0.1) is 32.0 Å². The molecule has 0 heterocycles. The number of allylic oxidation sites excluding steroid dienone is 10. The van der Waals surface area contributed by atoms with Crippen LogP contribution in [0.4, 0.5) is 0 Å². The minimum absolute atomic E-state index is 0.0549. The Morgan fingerprint density at radius 3 is 1.75 bits per heavy atom. The van der Waals surface area contributed by atoms with Crippen molar-refractivity contribution in [2.24, 2.45) is 0 Å². The zero-order chi connectivity index (χ0) is 43.7. The summed E-state index contributed by atoms with van der Waals surface area (Å²) in [6, 6.07) is 0. The van der Waals surface area contributed by atoms with E-state index in [2.05, 4.69) is 23.6 Å². The number of unbranched alkanes of at least 4 members (excludes halogenated alkanes) is 11. The molecule has 5 N–H and O–H groups in total. The molecule has 0 amide bonds. The van der Waals surface area contributed by atoms with Gasteiger partial charge in [-0.1, -0.05) is 150 Å². The molecule has 0 aliphatic rings. The molecule has 0 rings (SSSR count). The second-order valence-electron chi connectivity index (χ2n) is 14.4. The number of ether oxygens (including phenoxy) is 2. The largest absolute Gasteiger partial charge is 0.472 e. The third-order valence-corrected chi connectivity index (χ3v) is 9.66. The van der Waals surface area contributed by atoms with E-state index in [1.54, 1.807) is 36.5 Å². The molecule has 12 nitrogen and oxygen atoms in total. The van der Waals surface area contributed by atoms with Gasteiger partial charge in [0.2, 0.25) is 0 Å². The maximum absolute atomic E-state index is 12.6. The van der Waals surface area contributed by atoms with E-state index in [1.165, 1.54) is 44.9 Å². The van der Waals surface area contributed by atoms with Crippen LogP contribution in [0, 0.1) is 0 Å². The van der Waals surface area contributed by atoms with Crippen molar-refractivity contribution in [3.05, 3.63) is 85.1 Å². The molecule has 5 atom stereocenters. The highest BCUT2D eigenvalue weighted by atomic mass is 31.2. The number of aliphatic hydroxyl groups excluding tert-OH is 4. The summed E-state index contributed by atoms with van der Waals surface area (Å²) in [4.78, 5) is 35.0. The fourth-order valence-electron chi connectivity index (χ4n) is 5.30. The molecule has 1 unspecified atom stereocenters. The molecular weight excluding hydrogens is 775 g/mol. The van der Waals surface area contributed by atoms with Crippen LogP contribution in [0.2, 0.25) is 0 Å². The van der Waals surface area contributed by atoms with Crippen molar-refractivity contribution in [1.29, 1.82) is 0 Å². The Hall–Kier alpha value is -2.93. The van der Waals surface area contributed by atoms with E-state index in [4.69, 9.17) is 19.1 Å². The number of phosphoric ester groups is 1. The van der Waals surface area contributed by atoms with Gasteiger partial charge in [0.25, 0.3) is 0 Å². The molecule has 338 valence electrons. The minimum Gasteiger partial charge on any atom is -0.462 e. The lowest BCUT2D eigenvalue weighted by molar-refractivity contribution is -0.161. The Balaban J connectivity index is 4.55. The van der Waals surface area contributed by atoms with Gasteiger partial charge in [0.15, 0.2) is 6.10 Å². The predicted octanol–water partition coefficient (Wildman–Crippen LogP) is 9.39. The van der Waals surface area contributed by atoms with E-state index in [1.807, 2.05) is 43.4 Å². The molecule has 0 radical (unpaired) electrons. The van der Waals surface area contributed by atoms with Crippen LogP contribution in [-0.2, 0) is 32.7 Å². The number of aliphatic hydroxyl groups is 4. The Morgan fingerprint density at radius 2 is 1.14 bits per heavy atom. The van der Waals surface area contributed by atoms with Gasteiger partial charge in [0.1, 0.15) is 12.7 Å². The van der Waals surface area contributed by atoms with Crippen LogP contribution >= 0.6 is 7.82 Å². The maximum atomic E-state index is 12.6. The third kappa shape index (κ3) is 40.3. The summed E-state index contributed by atoms with van der Waals surface area (Å²) >= 11 is 0. The van der Waals surface area contributed by atoms with E-state index in [0.717, 1.165) is 38.5 Å². The van der Waals surface area contributed by atoms with Crippen LogP contribution in [-0.4, -0.2) is 88.1 Å². The predicted molar refractivity (Wildman–Crippen MR) is 235 cm³/mol. The Labute approximate surface area is 355 Å². The normalized spacial score (nSPS) is 15.7. The summed E-state index contributed by atoms with van der Waals surface area (Å²) in [5.41, 5.74) is 0. The first kappa shape index (κ1) is 56.1. The summed E-state index contributed by atoms with van der Waals surface area (Å²) in [6.07, 6.45) is 40.5. The molecule has 0 aromatic rings. The highest BCUT2D eigenvalue weighted by molar-refractivity contribution is 7.47. The summed E-state index contributed by atoms with van der Waals surface area (Å²) in [5, 5.41) is 38.3. The maximum Gasteiger partial charge on any atom is 0.472 e. The van der Waals surface area contributed by atoms with Crippen molar-refractivity contribution in [3.8, 4) is 0 Å². The Kier molecular flexibility index (Phi) is 38.5. The molecule has 0 aromatic heterocycles. The van der Waals surface area contributed by atoms with Crippen molar-refractivity contribution in [2.45, 2.75) is 167 Å². The van der Waals surface area contributed by atoms with Crippen molar-refractivity contribution >= 4 is 19.8 Å². The summed E-state index contributed by atoms with van der Waals surface area (Å²) in [5.74, 6) is -1.10. The average Bonchev–Trinajstić information content (AvgIpc) is 3.21. The summed E-state index contributed by atoms with van der Waals surface area (Å²) in [6.45, 7) is 1.95. The van der Waals surface area contributed by atoms with Gasteiger partial charge in [-0.05, 0) is 64.2 Å². The second kappa shape index (κ2) is 40.5. The van der Waals surface area contributed by atoms with E-state index >= 15 is 0 Å². The van der Waals surface area contributed by atoms with Gasteiger partial charge >= 0.3 is 19.8 Å². The van der Waals surface area contributed by atoms with Gasteiger partial charge < -0.3 is 34.8 Å². The van der Waals surface area contributed by atoms with Gasteiger partial charge in [0, 0.05) is 12.8 Å². The second-order valence-corrected chi connectivity index (χ2v) is 15.8. The molecule has 0 aliphatic heterocycles. The fraction of sp³-hybridized carbons (Fsp3) is 0.652. The average molecular weight is 853 g/mol. The van der Waals surface area contributed by atoms with Gasteiger partial charge in [-0.25, -0.2) is 4.57 Å². The summed E-state index contributed by atoms with van der Waals surface area (Å²) in [7, 11) is -4.66. The molecule has 0 spiro atoms. The highest BCUT2D eigenvalue weighted by Gasteiger charge is 2.27. The van der Waals surface area contributed by atoms with Gasteiger partial charge in [-0.2, -0.15) is 0 Å². The molecule has 0 saturated heterocycles. The standard InChI is InChI=1S/C46H77O12P/c1-3-5-7-8-9-10-11-12-13-14-15-16-17-22-30-36-46(52)58-44(40-57-59(53,54)56-38-43(50)37-47)39-55-45(51)35-29-21-19-18-20-26-32-42(49)34-28-24-23-27-33-41(48)31-25-6-4-2/h6,10-11,19-21,23-28,33-34,41-44,47-50H,3-5,7-9,12-18,22,29-32,35-40H2,1-2H3,(H,53,54)/b11-10-,21-19-,24-23-,25-6-,26-20-,33-27+,34-28+/t41-,42+,43+,44-/m1/s1. The molecule has 0 bridgehead atoms. The van der Waals surface area contributed by atoms with E-state index in [-0.39, 0.29) is 12.8 Å². The molecule has 0 fully saturated rings. The smallest absolute Gasteiger partial charge is 0.462 e. The van der Waals surface area contributed by atoms with Crippen molar-refractivity contribution in [3.63, 3.8) is 0 Å². The number of rotatable bonds is 39. The van der Waals surface area contributed by atoms with Crippen LogP contribution in [0.1, 0.15) is 142 Å². The minimum atomic E-state index is -4.66. The van der Waals surface area contributed by atoms with E-state index in [0.29, 0.717) is 32.1 Å². The number of phosphoric acid groups is 1. The van der Waals surface area contributed by atoms with Gasteiger partial charge in [-0.15, -0.1) is 0 Å². The zero-order valence-corrected chi connectivity index (χ0v) is 36.8. The lowest BCUT2D eigenvalue weighted by atomic mass is 10.1. The Morgan fingerprint density at radius 1 is 0.593 bits per heavy atom. The van der Waals surface area contributed by atoms with Crippen LogP contribution in [0.25, 0.3) is 0 Å². The van der Waals surface area contributed by atoms with Gasteiger partial charge in [-0.3, -0.25) is 18.6 Å². The van der Waals surface area contributed by atoms with E-state index in [9.17, 15) is 34.4 Å². The lowest BCUT2D eigenvalue weighted by Crippen LogP contribution is -2.29. The van der Waals surface area contributed by atoms with Crippen LogP contribution in [0.15, 0.2) is 85.1 Å². The first-order chi connectivity index (χ1) is 28.5. The molecular formula is C46H77O12P. The molecule has 13 heteroatoms. The van der Waals surface area contributed by atoms with Crippen molar-refractivity contribution in [2.75, 3.05) is 26.4 Å². The van der Waals surface area contributed by atoms with Crippen LogP contribution in [0.5, 0.6) is 0 Å². The third-order valence-electron chi connectivity index (χ3n) is 8.71. The first-order valence-electron chi connectivity index (χ1n) is 21.8. The first-order valence-corrected chi connectivity index (χ1v) is 23.3. The van der Waals surface area contributed by atoms with Crippen LogP contribution < -0.4 is 0 Å². The number of hydrogen-bond donors (Lipinski definition) is 5. The SMILES string of the molecule is CC/C=C\C[C@@H](O)/C=C/C=C\C=C\[C@@H](O)C/C=C\C/C=C\CCC(=O)OC[C@H](COP(=O)(O)OC[C@@H](O)CO)OC(=O)CCCCCCCCC/C=C\CCCCCC. The highest BCUT2D eigenvalue weighted by Crippen LogP contribution is 2.43. The number of esters is 2. The number of carbonyl (C=O) groups excluding carboxylic acids is 2. The van der Waals surface area contributed by atoms with E-state index < -0.39 is 70.6 Å².